The van der Waals surface area contributed by atoms with E-state index < -0.39 is 10.1 Å². The molecular weight excluding hydrogens is 604 g/mol. The normalized spacial score (nSPS) is 12.1. The maximum Gasteiger partial charge on any atom is 0.284 e. The Bertz CT molecular complexity index is 1500. The molecule has 1 aromatic heterocycles. The van der Waals surface area contributed by atoms with E-state index in [4.69, 9.17) is 31.7 Å². The highest BCUT2D eigenvalue weighted by Crippen LogP contribution is 2.30. The number of carbonyl (C=O) groups excluding carboxylic acids is 2. The summed E-state index contributed by atoms with van der Waals surface area (Å²) in [5.41, 5.74) is 5.00. The lowest BCUT2D eigenvalue weighted by atomic mass is 10.1. The molecule has 0 saturated heterocycles. The van der Waals surface area contributed by atoms with Crippen LogP contribution in [0.15, 0.2) is 40.9 Å². The average Bonchev–Trinajstić information content (AvgIpc) is 3.34. The molecule has 4 N–H and O–H groups in total. The first-order valence-electron chi connectivity index (χ1n) is 14.7. The number of anilines is 1. The fourth-order valence-corrected chi connectivity index (χ4v) is 4.32. The van der Waals surface area contributed by atoms with Gasteiger partial charge in [-0.15, -0.1) is 0 Å². The molecule has 0 unspecified atom stereocenters. The molecule has 2 amide bonds. The minimum absolute atomic E-state index is 0.0329. The minimum Gasteiger partial charge on any atom is -0.748 e. The van der Waals surface area contributed by atoms with Crippen molar-refractivity contribution in [3.8, 4) is 17.2 Å². The number of unbranched alkanes of at least 4 members (excludes halogenated alkanes) is 1. The van der Waals surface area contributed by atoms with Crippen LogP contribution in [-0.4, -0.2) is 79.5 Å². The summed E-state index contributed by atoms with van der Waals surface area (Å²) in [5, 5.41) is 7.47. The molecule has 1 atom stereocenters. The number of hydrogen-bond donors (Lipinski definition) is 2. The number of aromatic nitrogens is 1. The van der Waals surface area contributed by atoms with Crippen LogP contribution in [0.25, 0.3) is 11.0 Å². The van der Waals surface area contributed by atoms with E-state index in [1.807, 2.05) is 58.6 Å². The number of hydrogen-bond acceptors (Lipinski definition) is 10. The van der Waals surface area contributed by atoms with Crippen LogP contribution in [0.1, 0.15) is 64.7 Å². The summed E-state index contributed by atoms with van der Waals surface area (Å²) in [5.74, 6) is 2.04. The number of amides is 2. The van der Waals surface area contributed by atoms with Crippen molar-refractivity contribution in [2.45, 2.75) is 72.5 Å². The van der Waals surface area contributed by atoms with Crippen LogP contribution >= 0.6 is 0 Å². The molecule has 0 fully saturated rings. The number of ether oxygens (including phenoxy) is 3. The highest BCUT2D eigenvalue weighted by atomic mass is 32.2. The van der Waals surface area contributed by atoms with Crippen molar-refractivity contribution in [1.29, 1.82) is 0 Å². The van der Waals surface area contributed by atoms with Gasteiger partial charge in [-0.1, -0.05) is 19.0 Å². The fraction of sp³-hybridized carbons (Fsp3) is 0.516. The molecule has 14 heteroatoms. The summed E-state index contributed by atoms with van der Waals surface area (Å²) in [4.78, 5) is 27.2. The molecule has 0 spiro atoms. The van der Waals surface area contributed by atoms with Gasteiger partial charge in [0, 0.05) is 35.9 Å². The van der Waals surface area contributed by atoms with Gasteiger partial charge in [-0.05, 0) is 70.9 Å². The first-order chi connectivity index (χ1) is 21.0. The summed E-state index contributed by atoms with van der Waals surface area (Å²) in [6.07, 6.45) is 2.14. The molecule has 250 valence electrons. The predicted molar refractivity (Wildman–Crippen MR) is 169 cm³/mol. The molecular formula is C31H46N4O9S. The SMILES string of the molecule is COc1cc(C(=O)N(C(C)C)C(C)C)ccc1OCCCCOc1ccc2c(NC(=O)[C@@H]([NH3+])C(C)C)noc2c1.CS(=O)(=O)[O-]. The summed E-state index contributed by atoms with van der Waals surface area (Å²) in [6, 6.07) is 10.5. The lowest BCUT2D eigenvalue weighted by Gasteiger charge is -2.31. The Morgan fingerprint density at radius 3 is 2.13 bits per heavy atom. The molecule has 2 aromatic carbocycles. The molecule has 3 aromatic rings. The molecule has 0 radical (unpaired) electrons. The van der Waals surface area contributed by atoms with Gasteiger partial charge in [0.1, 0.15) is 5.75 Å². The second kappa shape index (κ2) is 17.0. The zero-order valence-corrected chi connectivity index (χ0v) is 28.1. The van der Waals surface area contributed by atoms with Gasteiger partial charge in [0.05, 0.1) is 35.8 Å². The Labute approximate surface area is 265 Å². The number of nitrogens with zero attached hydrogens (tertiary/aromatic N) is 2. The van der Waals surface area contributed by atoms with Crippen LogP contribution in [-0.2, 0) is 14.9 Å². The van der Waals surface area contributed by atoms with Gasteiger partial charge in [-0.2, -0.15) is 0 Å². The smallest absolute Gasteiger partial charge is 0.284 e. The number of quaternary nitrogens is 1. The zero-order chi connectivity index (χ0) is 33.9. The highest BCUT2D eigenvalue weighted by molar-refractivity contribution is 7.84. The Hall–Kier alpha value is -3.88. The maximum absolute atomic E-state index is 13.0. The van der Waals surface area contributed by atoms with Crippen molar-refractivity contribution in [1.82, 2.24) is 10.1 Å². The van der Waals surface area contributed by atoms with E-state index in [1.165, 1.54) is 0 Å². The molecule has 45 heavy (non-hydrogen) atoms. The van der Waals surface area contributed by atoms with Crippen LogP contribution in [0.3, 0.4) is 0 Å². The van der Waals surface area contributed by atoms with E-state index in [2.05, 4.69) is 16.2 Å². The maximum atomic E-state index is 13.0. The second-order valence-corrected chi connectivity index (χ2v) is 12.8. The van der Waals surface area contributed by atoms with E-state index in [9.17, 15) is 9.59 Å². The fourth-order valence-electron chi connectivity index (χ4n) is 4.32. The second-order valence-electron chi connectivity index (χ2n) is 11.4. The van der Waals surface area contributed by atoms with Gasteiger partial charge in [-0.3, -0.25) is 9.59 Å². The first-order valence-corrected chi connectivity index (χ1v) is 16.6. The third kappa shape index (κ3) is 11.9. The van der Waals surface area contributed by atoms with Gasteiger partial charge in [0.2, 0.25) is 0 Å². The molecule has 0 aliphatic rings. The topological polar surface area (TPSA) is 188 Å². The first kappa shape index (κ1) is 37.3. The molecule has 1 heterocycles. The van der Waals surface area contributed by atoms with Crippen molar-refractivity contribution >= 4 is 38.7 Å². The molecule has 3 rings (SSSR count). The zero-order valence-electron chi connectivity index (χ0n) is 27.3. The van der Waals surface area contributed by atoms with Gasteiger partial charge in [0.25, 0.3) is 11.8 Å². The summed E-state index contributed by atoms with van der Waals surface area (Å²) >= 11 is 0. The predicted octanol–water partition coefficient (Wildman–Crippen LogP) is 3.70. The lowest BCUT2D eigenvalue weighted by molar-refractivity contribution is -0.412. The van der Waals surface area contributed by atoms with Gasteiger partial charge in [-0.25, -0.2) is 8.42 Å². The Morgan fingerprint density at radius 2 is 1.58 bits per heavy atom. The van der Waals surface area contributed by atoms with E-state index in [1.54, 1.807) is 31.4 Å². The highest BCUT2D eigenvalue weighted by Gasteiger charge is 2.24. The van der Waals surface area contributed by atoms with Gasteiger partial charge < -0.3 is 39.2 Å². The quantitative estimate of drug-likeness (QED) is 0.192. The van der Waals surface area contributed by atoms with Crippen LogP contribution in [0.2, 0.25) is 0 Å². The van der Waals surface area contributed by atoms with Crippen molar-refractivity contribution < 1.29 is 47.0 Å². The molecule has 0 aliphatic heterocycles. The van der Waals surface area contributed by atoms with Gasteiger partial charge >= 0.3 is 0 Å². The standard InChI is InChI=1S/C30H42N4O6.CH4O3S/c1-18(2)27(31)29(35)32-28-23-12-11-22(17-25(23)40-33-28)38-14-8-9-15-39-24-13-10-21(16-26(24)37-7)30(36)34(19(3)4)20(5)6;1-5(2,3)4/h10-13,16-20,27H,8-9,14-15,31H2,1-7H3,(H,32,33,35);1H3,(H,2,3,4)/t27-;/m0./s1. The summed E-state index contributed by atoms with van der Waals surface area (Å²) in [6.45, 7) is 12.9. The largest absolute Gasteiger partial charge is 0.748 e. The van der Waals surface area contributed by atoms with Crippen LogP contribution in [0, 0.1) is 5.92 Å². The number of benzene rings is 2. The van der Waals surface area contributed by atoms with E-state index in [0.717, 1.165) is 12.8 Å². The summed E-state index contributed by atoms with van der Waals surface area (Å²) in [7, 11) is -2.35. The number of fused-ring (bicyclic) bond motifs is 1. The number of methoxy groups -OCH3 is 1. The van der Waals surface area contributed by atoms with E-state index in [-0.39, 0.29) is 35.9 Å². The third-order valence-electron chi connectivity index (χ3n) is 6.65. The van der Waals surface area contributed by atoms with Crippen molar-refractivity contribution in [2.24, 2.45) is 5.92 Å². The van der Waals surface area contributed by atoms with E-state index >= 15 is 0 Å². The Balaban J connectivity index is 0.00000130. The molecule has 0 bridgehead atoms. The number of rotatable bonds is 14. The van der Waals surface area contributed by atoms with Crippen LogP contribution in [0.5, 0.6) is 17.2 Å². The minimum atomic E-state index is -3.92. The number of carbonyl (C=O) groups is 2. The van der Waals surface area contributed by atoms with Crippen molar-refractivity contribution in [3.63, 3.8) is 0 Å². The lowest BCUT2D eigenvalue weighted by Crippen LogP contribution is -2.68. The third-order valence-corrected chi connectivity index (χ3v) is 6.65. The molecule has 13 nitrogen and oxygen atoms in total. The van der Waals surface area contributed by atoms with Crippen molar-refractivity contribution in [3.05, 3.63) is 42.0 Å². The molecule has 0 saturated carbocycles. The monoisotopic (exact) mass is 650 g/mol. The van der Waals surface area contributed by atoms with Crippen molar-refractivity contribution in [2.75, 3.05) is 31.9 Å². The number of nitrogens with one attached hydrogen (secondary N) is 1. The summed E-state index contributed by atoms with van der Waals surface area (Å²) < 4.78 is 49.9. The average molecular weight is 651 g/mol. The van der Waals surface area contributed by atoms with Gasteiger partial charge in [0.15, 0.2) is 28.9 Å². The van der Waals surface area contributed by atoms with Crippen LogP contribution < -0.4 is 25.3 Å². The Kier molecular flexibility index (Phi) is 14.1. The Morgan fingerprint density at radius 1 is 0.978 bits per heavy atom. The van der Waals surface area contributed by atoms with Crippen LogP contribution in [0.4, 0.5) is 5.82 Å². The van der Waals surface area contributed by atoms with E-state index in [0.29, 0.717) is 59.1 Å². The molecule has 0 aliphatic carbocycles.